The maximum Gasteiger partial charge on any atom is 0.305 e. The Labute approximate surface area is 137 Å². The third kappa shape index (κ3) is 6.46. The Morgan fingerprint density at radius 2 is 1.96 bits per heavy atom. The number of hydrogen-bond acceptors (Lipinski definition) is 5. The second-order valence-electron chi connectivity index (χ2n) is 4.60. The fraction of sp³-hybridized carbons (Fsp3) is 0.500. The van der Waals surface area contributed by atoms with Crippen LogP contribution in [0.15, 0.2) is 23.2 Å². The lowest BCUT2D eigenvalue weighted by molar-refractivity contribution is -0.143. The van der Waals surface area contributed by atoms with Crippen molar-refractivity contribution in [2.24, 2.45) is 4.99 Å². The van der Waals surface area contributed by atoms with Crippen LogP contribution in [0.3, 0.4) is 0 Å². The van der Waals surface area contributed by atoms with Crippen LogP contribution in [0.5, 0.6) is 11.5 Å². The SMILES string of the molecule is CCOC(=O)CCCNC(=NC)Nc1ccc(OC)c(OC)c1. The van der Waals surface area contributed by atoms with Crippen LogP contribution >= 0.6 is 0 Å². The van der Waals surface area contributed by atoms with Crippen molar-refractivity contribution < 1.29 is 19.0 Å². The molecule has 0 heterocycles. The molecule has 0 saturated heterocycles. The number of methoxy groups -OCH3 is 2. The van der Waals surface area contributed by atoms with Gasteiger partial charge in [0.15, 0.2) is 17.5 Å². The molecule has 0 bridgehead atoms. The van der Waals surface area contributed by atoms with Crippen LogP contribution in [-0.2, 0) is 9.53 Å². The van der Waals surface area contributed by atoms with Gasteiger partial charge in [0.2, 0.25) is 0 Å². The van der Waals surface area contributed by atoms with E-state index in [0.29, 0.717) is 43.5 Å². The number of nitrogens with one attached hydrogen (secondary N) is 2. The van der Waals surface area contributed by atoms with Crippen LogP contribution in [0.25, 0.3) is 0 Å². The first kappa shape index (κ1) is 18.6. The number of ether oxygens (including phenoxy) is 3. The summed E-state index contributed by atoms with van der Waals surface area (Å²) in [5, 5.41) is 6.30. The zero-order valence-electron chi connectivity index (χ0n) is 14.1. The minimum absolute atomic E-state index is 0.183. The van der Waals surface area contributed by atoms with E-state index in [1.165, 1.54) is 0 Å². The molecule has 0 unspecified atom stereocenters. The van der Waals surface area contributed by atoms with Gasteiger partial charge in [-0.25, -0.2) is 0 Å². The van der Waals surface area contributed by atoms with E-state index in [1.807, 2.05) is 18.2 Å². The Balaban J connectivity index is 2.49. The minimum atomic E-state index is -0.183. The first-order valence-electron chi connectivity index (χ1n) is 7.49. The zero-order chi connectivity index (χ0) is 17.1. The number of guanidine groups is 1. The van der Waals surface area contributed by atoms with Crippen molar-refractivity contribution in [2.45, 2.75) is 19.8 Å². The van der Waals surface area contributed by atoms with Gasteiger partial charge >= 0.3 is 5.97 Å². The van der Waals surface area contributed by atoms with E-state index in [4.69, 9.17) is 14.2 Å². The largest absolute Gasteiger partial charge is 0.493 e. The monoisotopic (exact) mass is 323 g/mol. The van der Waals surface area contributed by atoms with Gasteiger partial charge in [0.25, 0.3) is 0 Å². The van der Waals surface area contributed by atoms with Gasteiger partial charge in [-0.2, -0.15) is 0 Å². The Hall–Kier alpha value is -2.44. The van der Waals surface area contributed by atoms with E-state index in [0.717, 1.165) is 5.69 Å². The van der Waals surface area contributed by atoms with Crippen molar-refractivity contribution in [3.63, 3.8) is 0 Å². The highest BCUT2D eigenvalue weighted by Crippen LogP contribution is 2.29. The lowest BCUT2D eigenvalue weighted by Crippen LogP contribution is -2.31. The summed E-state index contributed by atoms with van der Waals surface area (Å²) in [7, 11) is 4.86. The summed E-state index contributed by atoms with van der Waals surface area (Å²) in [6, 6.07) is 5.51. The molecule has 0 spiro atoms. The van der Waals surface area contributed by atoms with Gasteiger partial charge in [-0.3, -0.25) is 9.79 Å². The van der Waals surface area contributed by atoms with E-state index in [2.05, 4.69) is 15.6 Å². The van der Waals surface area contributed by atoms with Gasteiger partial charge in [-0.05, 0) is 25.5 Å². The molecule has 0 aliphatic heterocycles. The highest BCUT2D eigenvalue weighted by atomic mass is 16.5. The van der Waals surface area contributed by atoms with E-state index >= 15 is 0 Å². The summed E-state index contributed by atoms with van der Waals surface area (Å²) in [4.78, 5) is 15.4. The van der Waals surface area contributed by atoms with Crippen LogP contribution in [0, 0.1) is 0 Å². The topological polar surface area (TPSA) is 81.2 Å². The summed E-state index contributed by atoms with van der Waals surface area (Å²) in [5.41, 5.74) is 0.821. The van der Waals surface area contributed by atoms with E-state index < -0.39 is 0 Å². The molecular weight excluding hydrogens is 298 g/mol. The Morgan fingerprint density at radius 3 is 2.57 bits per heavy atom. The van der Waals surface area contributed by atoms with Gasteiger partial charge in [0, 0.05) is 31.8 Å². The number of esters is 1. The Bertz CT molecular complexity index is 532. The molecule has 7 nitrogen and oxygen atoms in total. The molecular formula is C16H25N3O4. The second kappa shape index (κ2) is 10.3. The first-order chi connectivity index (χ1) is 11.1. The molecule has 1 aromatic rings. The van der Waals surface area contributed by atoms with Gasteiger partial charge in [-0.1, -0.05) is 0 Å². The standard InChI is InChI=1S/C16H25N3O4/c1-5-23-15(20)7-6-10-18-16(17-2)19-12-8-9-13(21-3)14(11-12)22-4/h8-9,11H,5-7,10H2,1-4H3,(H2,17,18,19). The van der Waals surface area contributed by atoms with Crippen molar-refractivity contribution in [1.29, 1.82) is 0 Å². The molecule has 0 aliphatic rings. The summed E-state index contributed by atoms with van der Waals surface area (Å²) < 4.78 is 15.3. The summed E-state index contributed by atoms with van der Waals surface area (Å²) >= 11 is 0. The van der Waals surface area contributed by atoms with Crippen molar-refractivity contribution in [3.05, 3.63) is 18.2 Å². The minimum Gasteiger partial charge on any atom is -0.493 e. The summed E-state index contributed by atoms with van der Waals surface area (Å²) in [6.07, 6.45) is 1.06. The van der Waals surface area contributed by atoms with Crippen LogP contribution in [0.4, 0.5) is 5.69 Å². The lowest BCUT2D eigenvalue weighted by Gasteiger charge is -2.14. The molecule has 0 radical (unpaired) electrons. The summed E-state index contributed by atoms with van der Waals surface area (Å²) in [5.74, 6) is 1.73. The number of rotatable bonds is 8. The molecule has 1 aromatic carbocycles. The van der Waals surface area contributed by atoms with Crippen molar-refractivity contribution in [1.82, 2.24) is 5.32 Å². The van der Waals surface area contributed by atoms with Crippen LogP contribution in [-0.4, -0.2) is 46.3 Å². The molecule has 7 heteroatoms. The molecule has 0 atom stereocenters. The van der Waals surface area contributed by atoms with Gasteiger partial charge in [0.1, 0.15) is 0 Å². The van der Waals surface area contributed by atoms with Crippen molar-refractivity contribution in [3.8, 4) is 11.5 Å². The predicted molar refractivity (Wildman–Crippen MR) is 90.4 cm³/mol. The highest BCUT2D eigenvalue weighted by molar-refractivity contribution is 5.93. The Morgan fingerprint density at radius 1 is 1.22 bits per heavy atom. The van der Waals surface area contributed by atoms with Crippen LogP contribution in [0.2, 0.25) is 0 Å². The summed E-state index contributed by atoms with van der Waals surface area (Å²) in [6.45, 7) is 2.83. The van der Waals surface area contributed by atoms with Gasteiger partial charge in [-0.15, -0.1) is 0 Å². The lowest BCUT2D eigenvalue weighted by atomic mass is 10.2. The number of anilines is 1. The van der Waals surface area contributed by atoms with E-state index in [1.54, 1.807) is 28.2 Å². The fourth-order valence-corrected chi connectivity index (χ4v) is 1.90. The maximum absolute atomic E-state index is 11.3. The second-order valence-corrected chi connectivity index (χ2v) is 4.60. The van der Waals surface area contributed by atoms with E-state index in [-0.39, 0.29) is 5.97 Å². The number of carbonyl (C=O) groups is 1. The number of hydrogen-bond donors (Lipinski definition) is 2. The van der Waals surface area contributed by atoms with Crippen LogP contribution < -0.4 is 20.1 Å². The zero-order valence-corrected chi connectivity index (χ0v) is 14.1. The van der Waals surface area contributed by atoms with E-state index in [9.17, 15) is 4.79 Å². The molecule has 128 valence electrons. The maximum atomic E-state index is 11.3. The van der Waals surface area contributed by atoms with Crippen LogP contribution in [0.1, 0.15) is 19.8 Å². The average molecular weight is 323 g/mol. The normalized spacial score (nSPS) is 10.9. The predicted octanol–water partition coefficient (Wildman–Crippen LogP) is 2.03. The molecule has 2 N–H and O–H groups in total. The smallest absolute Gasteiger partial charge is 0.305 e. The number of carbonyl (C=O) groups excluding carboxylic acids is 1. The number of benzene rings is 1. The van der Waals surface area contributed by atoms with Crippen molar-refractivity contribution in [2.75, 3.05) is 39.7 Å². The fourth-order valence-electron chi connectivity index (χ4n) is 1.90. The molecule has 0 aliphatic carbocycles. The molecule has 23 heavy (non-hydrogen) atoms. The number of nitrogens with zero attached hydrogens (tertiary/aromatic N) is 1. The van der Waals surface area contributed by atoms with Crippen molar-refractivity contribution >= 4 is 17.6 Å². The average Bonchev–Trinajstić information content (AvgIpc) is 2.57. The first-order valence-corrected chi connectivity index (χ1v) is 7.49. The molecule has 0 fully saturated rings. The molecule has 1 rings (SSSR count). The van der Waals surface area contributed by atoms with Gasteiger partial charge < -0.3 is 24.8 Å². The number of aliphatic imine (C=N–C) groups is 1. The molecule has 0 aromatic heterocycles. The quantitative estimate of drug-likeness (QED) is 0.330. The molecule has 0 amide bonds. The Kier molecular flexibility index (Phi) is 8.34. The third-order valence-corrected chi connectivity index (χ3v) is 3.03. The third-order valence-electron chi connectivity index (χ3n) is 3.03. The molecule has 0 saturated carbocycles. The highest BCUT2D eigenvalue weighted by Gasteiger charge is 2.06. The van der Waals surface area contributed by atoms with Gasteiger partial charge in [0.05, 0.1) is 20.8 Å².